The van der Waals surface area contributed by atoms with Crippen molar-refractivity contribution in [3.8, 4) is 17.1 Å². The van der Waals surface area contributed by atoms with Gasteiger partial charge in [-0.05, 0) is 62.9 Å². The number of carbonyl (C=O) groups is 2. The van der Waals surface area contributed by atoms with Gasteiger partial charge in [0.15, 0.2) is 0 Å². The summed E-state index contributed by atoms with van der Waals surface area (Å²) < 4.78 is 11.3. The molecule has 1 aliphatic carbocycles. The van der Waals surface area contributed by atoms with Crippen molar-refractivity contribution < 1.29 is 18.8 Å². The number of aromatic nitrogens is 2. The van der Waals surface area contributed by atoms with Gasteiger partial charge in [0, 0.05) is 6.04 Å². The average molecular weight is 475 g/mol. The Morgan fingerprint density at radius 3 is 2.71 bits per heavy atom. The number of rotatable bonds is 6. The first-order chi connectivity index (χ1) is 17.0. The van der Waals surface area contributed by atoms with Crippen LogP contribution in [0, 0.1) is 19.8 Å². The van der Waals surface area contributed by atoms with Crippen LogP contribution in [0.3, 0.4) is 0 Å². The first kappa shape index (κ1) is 23.1. The van der Waals surface area contributed by atoms with E-state index >= 15 is 0 Å². The molecule has 0 N–H and O–H groups in total. The van der Waals surface area contributed by atoms with Crippen molar-refractivity contribution >= 4 is 17.6 Å². The molecule has 0 bridgehead atoms. The van der Waals surface area contributed by atoms with Crippen LogP contribution >= 0.6 is 0 Å². The third-order valence-corrected chi connectivity index (χ3v) is 6.91. The number of carbonyl (C=O) groups excluding carboxylic acids is 2. The SMILES string of the molecule is CCOc1ccccc1-c1noc(CN2C(=O)N(c3cc(C)ccc3C)C(=O)C3CCCCC32)n1. The molecular formula is C27H30N4O4. The van der Waals surface area contributed by atoms with E-state index in [1.54, 1.807) is 4.90 Å². The van der Waals surface area contributed by atoms with Gasteiger partial charge in [0.25, 0.3) is 0 Å². The van der Waals surface area contributed by atoms with Crippen LogP contribution in [0.2, 0.25) is 0 Å². The monoisotopic (exact) mass is 474 g/mol. The Morgan fingerprint density at radius 1 is 1.09 bits per heavy atom. The average Bonchev–Trinajstić information content (AvgIpc) is 3.33. The molecule has 2 atom stereocenters. The van der Waals surface area contributed by atoms with Gasteiger partial charge in [0.1, 0.15) is 12.3 Å². The van der Waals surface area contributed by atoms with Crippen LogP contribution in [-0.4, -0.2) is 39.6 Å². The third-order valence-electron chi connectivity index (χ3n) is 6.91. The summed E-state index contributed by atoms with van der Waals surface area (Å²) in [4.78, 5) is 35.0. The molecule has 1 saturated carbocycles. The van der Waals surface area contributed by atoms with E-state index in [1.165, 1.54) is 4.90 Å². The van der Waals surface area contributed by atoms with Crippen molar-refractivity contribution in [2.24, 2.45) is 5.92 Å². The summed E-state index contributed by atoms with van der Waals surface area (Å²) >= 11 is 0. The van der Waals surface area contributed by atoms with Gasteiger partial charge in [-0.15, -0.1) is 0 Å². The lowest BCUT2D eigenvalue weighted by atomic mass is 9.81. The van der Waals surface area contributed by atoms with Gasteiger partial charge < -0.3 is 14.2 Å². The van der Waals surface area contributed by atoms with E-state index in [1.807, 2.05) is 63.2 Å². The van der Waals surface area contributed by atoms with Gasteiger partial charge in [-0.25, -0.2) is 9.69 Å². The maximum Gasteiger partial charge on any atom is 0.332 e. The minimum absolute atomic E-state index is 0.110. The number of hydrogen-bond donors (Lipinski definition) is 0. The van der Waals surface area contributed by atoms with Gasteiger partial charge in [0.2, 0.25) is 17.6 Å². The Kier molecular flexibility index (Phi) is 6.28. The van der Waals surface area contributed by atoms with Crippen molar-refractivity contribution in [3.05, 3.63) is 59.5 Å². The van der Waals surface area contributed by atoms with Gasteiger partial charge in [-0.3, -0.25) is 4.79 Å². The fraction of sp³-hybridized carbons (Fsp3) is 0.407. The summed E-state index contributed by atoms with van der Waals surface area (Å²) in [6.07, 6.45) is 3.52. The van der Waals surface area contributed by atoms with Crippen LogP contribution in [0.15, 0.2) is 47.0 Å². The molecule has 35 heavy (non-hydrogen) atoms. The van der Waals surface area contributed by atoms with Crippen LogP contribution in [0.4, 0.5) is 10.5 Å². The number of urea groups is 1. The topological polar surface area (TPSA) is 88.8 Å². The number of hydrogen-bond acceptors (Lipinski definition) is 6. The molecule has 3 amide bonds. The normalized spacial score (nSPS) is 20.2. The quantitative estimate of drug-likeness (QED) is 0.483. The summed E-state index contributed by atoms with van der Waals surface area (Å²) in [7, 11) is 0. The highest BCUT2D eigenvalue weighted by atomic mass is 16.5. The van der Waals surface area contributed by atoms with E-state index in [9.17, 15) is 9.59 Å². The van der Waals surface area contributed by atoms with Crippen LogP contribution in [0.5, 0.6) is 5.75 Å². The lowest BCUT2D eigenvalue weighted by molar-refractivity contribution is -0.127. The number of anilines is 1. The van der Waals surface area contributed by atoms with Crippen LogP contribution in [-0.2, 0) is 11.3 Å². The molecule has 2 aromatic carbocycles. The molecule has 0 spiro atoms. The van der Waals surface area contributed by atoms with Crippen molar-refractivity contribution in [1.82, 2.24) is 15.0 Å². The molecule has 2 fully saturated rings. The predicted octanol–water partition coefficient (Wildman–Crippen LogP) is 5.28. The first-order valence-corrected chi connectivity index (χ1v) is 12.2. The highest BCUT2D eigenvalue weighted by Crippen LogP contribution is 2.38. The lowest BCUT2D eigenvalue weighted by Gasteiger charge is -2.46. The Hall–Kier alpha value is -3.68. The number of fused-ring (bicyclic) bond motifs is 1. The Morgan fingerprint density at radius 2 is 1.89 bits per heavy atom. The summed E-state index contributed by atoms with van der Waals surface area (Å²) in [5, 5.41) is 4.16. The number of para-hydroxylation sites is 1. The molecule has 3 aromatic rings. The second kappa shape index (κ2) is 9.52. The standard InChI is InChI=1S/C27H30N4O4/c1-4-34-23-12-8-6-10-20(23)25-28-24(35-29-25)16-30-21-11-7-5-9-19(21)26(32)31(27(30)33)22-15-17(2)13-14-18(22)3/h6,8,10,12-15,19,21H,4-5,7,9,11,16H2,1-3H3. The highest BCUT2D eigenvalue weighted by molar-refractivity contribution is 6.17. The number of benzene rings is 2. The number of aryl methyl sites for hydroxylation is 2. The fourth-order valence-electron chi connectivity index (χ4n) is 5.18. The number of ether oxygens (including phenoxy) is 1. The summed E-state index contributed by atoms with van der Waals surface area (Å²) in [5.74, 6) is 1.08. The number of amides is 3. The maximum absolute atomic E-state index is 13.8. The van der Waals surface area contributed by atoms with Crippen molar-refractivity contribution in [2.75, 3.05) is 11.5 Å². The Bertz CT molecular complexity index is 1250. The van der Waals surface area contributed by atoms with Gasteiger partial charge in [-0.2, -0.15) is 4.98 Å². The molecule has 8 nitrogen and oxygen atoms in total. The summed E-state index contributed by atoms with van der Waals surface area (Å²) in [6, 6.07) is 12.9. The Labute approximate surface area is 204 Å². The second-order valence-electron chi connectivity index (χ2n) is 9.27. The minimum atomic E-state index is -0.332. The second-order valence-corrected chi connectivity index (χ2v) is 9.27. The molecule has 1 saturated heterocycles. The smallest absolute Gasteiger partial charge is 0.332 e. The predicted molar refractivity (Wildman–Crippen MR) is 131 cm³/mol. The molecule has 182 valence electrons. The zero-order chi connectivity index (χ0) is 24.5. The molecule has 1 aromatic heterocycles. The largest absolute Gasteiger partial charge is 0.493 e. The van der Waals surface area contributed by atoms with Gasteiger partial charge in [-0.1, -0.05) is 42.3 Å². The van der Waals surface area contributed by atoms with E-state index < -0.39 is 0 Å². The fourth-order valence-corrected chi connectivity index (χ4v) is 5.18. The highest BCUT2D eigenvalue weighted by Gasteiger charge is 2.48. The number of imide groups is 1. The first-order valence-electron chi connectivity index (χ1n) is 12.2. The molecule has 2 heterocycles. The zero-order valence-corrected chi connectivity index (χ0v) is 20.4. The van der Waals surface area contributed by atoms with E-state index in [0.29, 0.717) is 29.8 Å². The molecule has 2 unspecified atom stereocenters. The summed E-state index contributed by atoms with van der Waals surface area (Å²) in [5.41, 5.74) is 3.26. The molecule has 2 aliphatic rings. The third kappa shape index (κ3) is 4.29. The van der Waals surface area contributed by atoms with Crippen LogP contribution in [0.1, 0.15) is 49.6 Å². The zero-order valence-electron chi connectivity index (χ0n) is 20.4. The summed E-state index contributed by atoms with van der Waals surface area (Å²) in [6.45, 7) is 6.48. The van der Waals surface area contributed by atoms with Crippen LogP contribution < -0.4 is 9.64 Å². The maximum atomic E-state index is 13.8. The Balaban J connectivity index is 1.47. The van der Waals surface area contributed by atoms with E-state index in [0.717, 1.165) is 42.4 Å². The van der Waals surface area contributed by atoms with Gasteiger partial charge in [0.05, 0.1) is 23.8 Å². The van der Waals surface area contributed by atoms with Crippen molar-refractivity contribution in [1.29, 1.82) is 0 Å². The van der Waals surface area contributed by atoms with Crippen molar-refractivity contribution in [2.45, 2.75) is 59.0 Å². The molecule has 5 rings (SSSR count). The number of nitrogens with zero attached hydrogens (tertiary/aromatic N) is 4. The van der Waals surface area contributed by atoms with E-state index in [4.69, 9.17) is 9.26 Å². The van der Waals surface area contributed by atoms with Gasteiger partial charge >= 0.3 is 6.03 Å². The molecule has 1 aliphatic heterocycles. The van der Waals surface area contributed by atoms with E-state index in [-0.39, 0.29) is 30.4 Å². The molecule has 0 radical (unpaired) electrons. The molecule has 8 heteroatoms. The van der Waals surface area contributed by atoms with Crippen molar-refractivity contribution in [3.63, 3.8) is 0 Å². The van der Waals surface area contributed by atoms with Crippen LogP contribution in [0.25, 0.3) is 11.4 Å². The minimum Gasteiger partial charge on any atom is -0.493 e. The molecular weight excluding hydrogens is 444 g/mol. The lowest BCUT2D eigenvalue weighted by Crippen LogP contribution is -2.62. The van der Waals surface area contributed by atoms with E-state index in [2.05, 4.69) is 10.1 Å².